The predicted octanol–water partition coefficient (Wildman–Crippen LogP) is 2.00. The molecule has 0 saturated heterocycles. The monoisotopic (exact) mass is 216 g/mol. The van der Waals surface area contributed by atoms with Gasteiger partial charge in [-0.05, 0) is 0 Å². The lowest BCUT2D eigenvalue weighted by Crippen LogP contribution is -2.38. The summed E-state index contributed by atoms with van der Waals surface area (Å²) >= 11 is 0. The van der Waals surface area contributed by atoms with Gasteiger partial charge in [0.05, 0.1) is 6.42 Å². The summed E-state index contributed by atoms with van der Waals surface area (Å²) in [5.41, 5.74) is 4.98. The van der Waals surface area contributed by atoms with Crippen LogP contribution in [0.2, 0.25) is 0 Å². The smallest absolute Gasteiger partial charge is 0.381 e. The lowest BCUT2D eigenvalue weighted by molar-refractivity contribution is -0.282. The average Bonchev–Trinajstić information content (AvgIpc) is 2.31. The molecule has 2 N–H and O–H groups in total. The van der Waals surface area contributed by atoms with Crippen molar-refractivity contribution in [3.8, 4) is 0 Å². The molecule has 14 heavy (non-hydrogen) atoms. The van der Waals surface area contributed by atoms with Crippen LogP contribution in [0.4, 0.5) is 27.8 Å². The number of anilines is 1. The van der Waals surface area contributed by atoms with Crippen molar-refractivity contribution in [3.63, 3.8) is 0 Å². The molecule has 0 aliphatic carbocycles. The summed E-state index contributed by atoms with van der Waals surface area (Å²) in [6.45, 7) is 0. The van der Waals surface area contributed by atoms with Crippen LogP contribution in [0.25, 0.3) is 0 Å². The van der Waals surface area contributed by atoms with E-state index in [1.54, 1.807) is 0 Å². The van der Waals surface area contributed by atoms with Gasteiger partial charge in [0.25, 0.3) is 0 Å². The number of nitrogens with two attached hydrogens (primary N) is 1. The van der Waals surface area contributed by atoms with E-state index in [9.17, 15) is 22.0 Å². The molecule has 80 valence electrons. The number of alkyl halides is 5. The largest absolute Gasteiger partial charge is 0.453 e. The minimum absolute atomic E-state index is 0.238. The van der Waals surface area contributed by atoms with Crippen LogP contribution in [-0.4, -0.2) is 17.3 Å². The molecule has 1 rings (SSSR count). The highest BCUT2D eigenvalue weighted by Gasteiger charge is 2.57. The van der Waals surface area contributed by atoms with Crippen LogP contribution in [-0.2, 0) is 6.42 Å². The van der Waals surface area contributed by atoms with Crippen molar-refractivity contribution in [2.75, 3.05) is 5.73 Å². The minimum atomic E-state index is -5.60. The maximum absolute atomic E-state index is 12.4. The summed E-state index contributed by atoms with van der Waals surface area (Å²) in [7, 11) is 0. The molecule has 0 bridgehead atoms. The first-order valence-corrected chi connectivity index (χ1v) is 3.38. The number of halogens is 5. The van der Waals surface area contributed by atoms with Gasteiger partial charge in [0.15, 0.2) is 5.82 Å². The zero-order valence-corrected chi connectivity index (χ0v) is 6.61. The van der Waals surface area contributed by atoms with Gasteiger partial charge in [-0.1, -0.05) is 5.16 Å². The van der Waals surface area contributed by atoms with Crippen LogP contribution in [0, 0.1) is 0 Å². The first-order valence-electron chi connectivity index (χ1n) is 3.38. The Labute approximate surface area is 74.7 Å². The predicted molar refractivity (Wildman–Crippen MR) is 35.6 cm³/mol. The minimum Gasteiger partial charge on any atom is -0.381 e. The molecule has 0 atom stereocenters. The normalized spacial score (nSPS) is 13.2. The van der Waals surface area contributed by atoms with Crippen LogP contribution >= 0.6 is 0 Å². The fourth-order valence-electron chi connectivity index (χ4n) is 0.731. The molecule has 0 radical (unpaired) electrons. The fraction of sp³-hybridized carbons (Fsp3) is 0.500. The quantitative estimate of drug-likeness (QED) is 0.769. The van der Waals surface area contributed by atoms with E-state index in [-0.39, 0.29) is 5.82 Å². The Kier molecular flexibility index (Phi) is 2.38. The van der Waals surface area contributed by atoms with Gasteiger partial charge < -0.3 is 10.3 Å². The van der Waals surface area contributed by atoms with Gasteiger partial charge in [0.2, 0.25) is 0 Å². The standard InChI is InChI=1S/C6H5F5N2O/c7-5(8,6(9,10)11)2-3-1-4(12)13-14-3/h1H,2H2,(H2,12,13). The van der Waals surface area contributed by atoms with Crippen LogP contribution in [0.3, 0.4) is 0 Å². The lowest BCUT2D eigenvalue weighted by Gasteiger charge is -2.17. The van der Waals surface area contributed by atoms with Gasteiger partial charge in [-0.25, -0.2) is 0 Å². The second kappa shape index (κ2) is 3.10. The second-order valence-electron chi connectivity index (χ2n) is 2.60. The fourth-order valence-corrected chi connectivity index (χ4v) is 0.731. The van der Waals surface area contributed by atoms with Gasteiger partial charge >= 0.3 is 12.1 Å². The maximum Gasteiger partial charge on any atom is 0.453 e. The zero-order valence-electron chi connectivity index (χ0n) is 6.61. The molecule has 0 saturated carbocycles. The van der Waals surface area contributed by atoms with Crippen molar-refractivity contribution in [2.24, 2.45) is 0 Å². The Morgan fingerprint density at radius 2 is 1.86 bits per heavy atom. The van der Waals surface area contributed by atoms with Crippen LogP contribution in [0.15, 0.2) is 10.6 Å². The van der Waals surface area contributed by atoms with E-state index in [0.29, 0.717) is 0 Å². The molecule has 3 nitrogen and oxygen atoms in total. The van der Waals surface area contributed by atoms with Crippen molar-refractivity contribution in [2.45, 2.75) is 18.5 Å². The summed E-state index contributed by atoms with van der Waals surface area (Å²) in [4.78, 5) is 0. The number of rotatable bonds is 2. The molecule has 0 spiro atoms. The SMILES string of the molecule is Nc1cc(CC(F)(F)C(F)(F)F)on1. The van der Waals surface area contributed by atoms with Gasteiger partial charge in [-0.3, -0.25) is 0 Å². The number of nitrogen functional groups attached to an aromatic ring is 1. The number of aromatic nitrogens is 1. The Bertz CT molecular complexity index is 318. The molecule has 0 fully saturated rings. The molecular formula is C6H5F5N2O. The zero-order chi connectivity index (χ0) is 11.0. The summed E-state index contributed by atoms with van der Waals surface area (Å²) in [6, 6.07) is 0.819. The van der Waals surface area contributed by atoms with Crippen molar-refractivity contribution >= 4 is 5.82 Å². The van der Waals surface area contributed by atoms with Crippen LogP contribution < -0.4 is 5.73 Å². The highest BCUT2D eigenvalue weighted by Crippen LogP contribution is 2.38. The third-order valence-electron chi connectivity index (χ3n) is 1.39. The molecular weight excluding hydrogens is 211 g/mol. The first-order chi connectivity index (χ1) is 6.22. The molecule has 8 heteroatoms. The molecule has 0 aliphatic heterocycles. The van der Waals surface area contributed by atoms with Gasteiger partial charge in [-0.15, -0.1) is 0 Å². The highest BCUT2D eigenvalue weighted by atomic mass is 19.4. The van der Waals surface area contributed by atoms with Crippen LogP contribution in [0.1, 0.15) is 5.76 Å². The summed E-state index contributed by atoms with van der Waals surface area (Å²) in [5, 5.41) is 2.98. The highest BCUT2D eigenvalue weighted by molar-refractivity contribution is 5.26. The first kappa shape index (κ1) is 10.7. The van der Waals surface area contributed by atoms with E-state index in [1.807, 2.05) is 0 Å². The van der Waals surface area contributed by atoms with E-state index in [4.69, 9.17) is 5.73 Å². The third-order valence-corrected chi connectivity index (χ3v) is 1.39. The molecule has 0 aliphatic rings. The number of hydrogen-bond acceptors (Lipinski definition) is 3. The topological polar surface area (TPSA) is 52.0 Å². The Balaban J connectivity index is 2.78. The maximum atomic E-state index is 12.4. The van der Waals surface area contributed by atoms with E-state index in [1.165, 1.54) is 0 Å². The second-order valence-corrected chi connectivity index (χ2v) is 2.60. The molecule has 1 aromatic heterocycles. The molecule has 0 amide bonds. The van der Waals surface area contributed by atoms with E-state index in [0.717, 1.165) is 6.07 Å². The third kappa shape index (κ3) is 2.12. The molecule has 1 aromatic rings. The van der Waals surface area contributed by atoms with Crippen molar-refractivity contribution in [3.05, 3.63) is 11.8 Å². The summed E-state index contributed by atoms with van der Waals surface area (Å²) < 4.78 is 63.9. The molecule has 0 aromatic carbocycles. The van der Waals surface area contributed by atoms with E-state index < -0.39 is 24.3 Å². The summed E-state index contributed by atoms with van der Waals surface area (Å²) in [5.74, 6) is -5.68. The van der Waals surface area contributed by atoms with Crippen molar-refractivity contribution in [1.29, 1.82) is 0 Å². The van der Waals surface area contributed by atoms with Crippen molar-refractivity contribution < 1.29 is 26.5 Å². The van der Waals surface area contributed by atoms with Gasteiger partial charge in [0, 0.05) is 6.07 Å². The van der Waals surface area contributed by atoms with E-state index >= 15 is 0 Å². The number of hydrogen-bond donors (Lipinski definition) is 1. The van der Waals surface area contributed by atoms with Gasteiger partial charge in [-0.2, -0.15) is 22.0 Å². The Morgan fingerprint density at radius 1 is 1.29 bits per heavy atom. The average molecular weight is 216 g/mol. The number of nitrogens with zero attached hydrogens (tertiary/aromatic N) is 1. The molecule has 0 unspecified atom stereocenters. The lowest BCUT2D eigenvalue weighted by atomic mass is 10.2. The van der Waals surface area contributed by atoms with Crippen molar-refractivity contribution in [1.82, 2.24) is 5.16 Å². The molecule has 1 heterocycles. The Morgan fingerprint density at radius 3 is 2.21 bits per heavy atom. The van der Waals surface area contributed by atoms with E-state index in [2.05, 4.69) is 9.68 Å². The van der Waals surface area contributed by atoms with Gasteiger partial charge in [0.1, 0.15) is 5.76 Å². The summed E-state index contributed by atoms with van der Waals surface area (Å²) in [6.07, 6.45) is -7.20. The van der Waals surface area contributed by atoms with Crippen LogP contribution in [0.5, 0.6) is 0 Å². The Hall–Kier alpha value is -1.34.